The summed E-state index contributed by atoms with van der Waals surface area (Å²) in [5.74, 6) is 0.774. The summed E-state index contributed by atoms with van der Waals surface area (Å²) in [6, 6.07) is 12.7. The minimum atomic E-state index is -3.56. The van der Waals surface area contributed by atoms with Crippen LogP contribution in [-0.4, -0.2) is 21.6 Å². The normalized spacial score (nSPS) is 13.5. The molecule has 0 aliphatic carbocycles. The lowest BCUT2D eigenvalue weighted by atomic mass is 10.1. The number of fused-ring (bicyclic) bond motifs is 1. The van der Waals surface area contributed by atoms with Crippen LogP contribution < -0.4 is 9.46 Å². The van der Waals surface area contributed by atoms with Crippen molar-refractivity contribution >= 4 is 10.0 Å². The second-order valence-corrected chi connectivity index (χ2v) is 7.37. The van der Waals surface area contributed by atoms with E-state index in [2.05, 4.69) is 4.72 Å². The van der Waals surface area contributed by atoms with Crippen LogP contribution in [0.5, 0.6) is 5.75 Å². The lowest BCUT2D eigenvalue weighted by molar-refractivity contribution is 0.133. The molecule has 2 aromatic carbocycles. The van der Waals surface area contributed by atoms with Gasteiger partial charge < -0.3 is 9.47 Å². The molecule has 0 saturated carbocycles. The van der Waals surface area contributed by atoms with Gasteiger partial charge in [-0.25, -0.2) is 13.1 Å². The topological polar surface area (TPSA) is 64.6 Å². The largest absolute Gasteiger partial charge is 0.493 e. The van der Waals surface area contributed by atoms with Gasteiger partial charge in [-0.3, -0.25) is 0 Å². The highest BCUT2D eigenvalue weighted by Crippen LogP contribution is 2.27. The molecule has 0 bridgehead atoms. The van der Waals surface area contributed by atoms with Crippen molar-refractivity contribution in [3.8, 4) is 5.75 Å². The Labute approximate surface area is 142 Å². The summed E-state index contributed by atoms with van der Waals surface area (Å²) in [6.07, 6.45) is 0.746. The first kappa shape index (κ1) is 17.0. The van der Waals surface area contributed by atoms with Gasteiger partial charge in [0.25, 0.3) is 0 Å². The Morgan fingerprint density at radius 3 is 2.75 bits per heavy atom. The summed E-state index contributed by atoms with van der Waals surface area (Å²) in [5.41, 5.74) is 2.85. The predicted octanol–water partition coefficient (Wildman–Crippen LogP) is 2.64. The summed E-state index contributed by atoms with van der Waals surface area (Å²) >= 11 is 0. The Kier molecular flexibility index (Phi) is 5.18. The van der Waals surface area contributed by atoms with Crippen LogP contribution in [0.1, 0.15) is 23.6 Å². The van der Waals surface area contributed by atoms with Gasteiger partial charge in [-0.1, -0.05) is 24.3 Å². The van der Waals surface area contributed by atoms with Crippen molar-refractivity contribution < 1.29 is 17.9 Å². The number of nitrogens with one attached hydrogen (secondary N) is 1. The molecule has 2 aromatic rings. The number of rotatable bonds is 7. The molecule has 0 aromatic heterocycles. The highest BCUT2D eigenvalue weighted by Gasteiger charge is 2.19. The Morgan fingerprint density at radius 2 is 1.96 bits per heavy atom. The van der Waals surface area contributed by atoms with E-state index in [1.807, 2.05) is 31.2 Å². The van der Waals surface area contributed by atoms with Crippen LogP contribution in [0.15, 0.2) is 47.4 Å². The first-order chi connectivity index (χ1) is 11.6. The second kappa shape index (κ2) is 7.34. The van der Waals surface area contributed by atoms with E-state index in [1.165, 1.54) is 0 Å². The third kappa shape index (κ3) is 3.77. The Hall–Kier alpha value is -1.89. The third-order valence-electron chi connectivity index (χ3n) is 4.00. The van der Waals surface area contributed by atoms with Crippen molar-refractivity contribution in [2.75, 3.05) is 13.2 Å². The lowest BCUT2D eigenvalue weighted by Gasteiger charge is -2.12. The van der Waals surface area contributed by atoms with Crippen molar-refractivity contribution in [2.45, 2.75) is 31.4 Å². The summed E-state index contributed by atoms with van der Waals surface area (Å²) in [4.78, 5) is 0.272. The number of sulfonamides is 1. The van der Waals surface area contributed by atoms with Crippen molar-refractivity contribution in [1.82, 2.24) is 4.72 Å². The fourth-order valence-electron chi connectivity index (χ4n) is 2.67. The summed E-state index contributed by atoms with van der Waals surface area (Å²) in [5, 5.41) is 0. The average Bonchev–Trinajstić information content (AvgIpc) is 3.06. The molecule has 1 aliphatic rings. The van der Waals surface area contributed by atoms with Gasteiger partial charge in [-0.2, -0.15) is 0 Å². The number of ether oxygens (including phenoxy) is 2. The lowest BCUT2D eigenvalue weighted by Crippen LogP contribution is -2.24. The van der Waals surface area contributed by atoms with Crippen molar-refractivity contribution in [2.24, 2.45) is 0 Å². The fourth-order valence-corrected chi connectivity index (χ4v) is 3.73. The van der Waals surface area contributed by atoms with Crippen LogP contribution in [0.2, 0.25) is 0 Å². The number of hydrogen-bond acceptors (Lipinski definition) is 4. The molecule has 0 radical (unpaired) electrons. The molecular weight excluding hydrogens is 326 g/mol. The minimum Gasteiger partial charge on any atom is -0.493 e. The van der Waals surface area contributed by atoms with Gasteiger partial charge in [-0.15, -0.1) is 0 Å². The van der Waals surface area contributed by atoms with Crippen molar-refractivity contribution in [3.63, 3.8) is 0 Å². The van der Waals surface area contributed by atoms with Crippen LogP contribution in [-0.2, 0) is 34.3 Å². The summed E-state index contributed by atoms with van der Waals surface area (Å²) in [6.45, 7) is 3.88. The summed E-state index contributed by atoms with van der Waals surface area (Å²) in [7, 11) is -3.56. The SMILES string of the molecule is CCOCc1ccccc1CNS(=O)(=O)c1ccc2c(c1)CCO2. The van der Waals surface area contributed by atoms with E-state index in [4.69, 9.17) is 9.47 Å². The molecule has 0 amide bonds. The van der Waals surface area contributed by atoms with E-state index < -0.39 is 10.0 Å². The Balaban J connectivity index is 1.74. The van der Waals surface area contributed by atoms with E-state index in [0.717, 1.165) is 28.9 Å². The molecule has 1 N–H and O–H groups in total. The smallest absolute Gasteiger partial charge is 0.240 e. The molecule has 6 heteroatoms. The van der Waals surface area contributed by atoms with Gasteiger partial charge in [-0.05, 0) is 41.8 Å². The highest BCUT2D eigenvalue weighted by atomic mass is 32.2. The second-order valence-electron chi connectivity index (χ2n) is 5.60. The van der Waals surface area contributed by atoms with Gasteiger partial charge in [0, 0.05) is 19.6 Å². The van der Waals surface area contributed by atoms with Gasteiger partial charge in [0.1, 0.15) is 5.75 Å². The molecule has 3 rings (SSSR count). The van der Waals surface area contributed by atoms with E-state index >= 15 is 0 Å². The van der Waals surface area contributed by atoms with Crippen molar-refractivity contribution in [3.05, 3.63) is 59.2 Å². The molecule has 24 heavy (non-hydrogen) atoms. The average molecular weight is 347 g/mol. The van der Waals surface area contributed by atoms with E-state index in [-0.39, 0.29) is 11.4 Å². The molecule has 5 nitrogen and oxygen atoms in total. The maximum Gasteiger partial charge on any atom is 0.240 e. The maximum absolute atomic E-state index is 12.5. The van der Waals surface area contributed by atoms with E-state index in [0.29, 0.717) is 19.8 Å². The number of benzene rings is 2. The molecule has 0 atom stereocenters. The molecular formula is C18H21NO4S. The zero-order valence-corrected chi connectivity index (χ0v) is 14.4. The van der Waals surface area contributed by atoms with E-state index in [9.17, 15) is 8.42 Å². The molecule has 0 spiro atoms. The van der Waals surface area contributed by atoms with Crippen LogP contribution in [0.4, 0.5) is 0 Å². The predicted molar refractivity (Wildman–Crippen MR) is 91.4 cm³/mol. The first-order valence-electron chi connectivity index (χ1n) is 8.00. The highest BCUT2D eigenvalue weighted by molar-refractivity contribution is 7.89. The minimum absolute atomic E-state index is 0.235. The molecule has 128 valence electrons. The quantitative estimate of drug-likeness (QED) is 0.836. The molecule has 0 unspecified atom stereocenters. The van der Waals surface area contributed by atoms with Gasteiger partial charge in [0.05, 0.1) is 18.1 Å². The maximum atomic E-state index is 12.5. The monoisotopic (exact) mass is 347 g/mol. The molecule has 1 aliphatic heterocycles. The molecule has 1 heterocycles. The zero-order chi connectivity index (χ0) is 17.0. The summed E-state index contributed by atoms with van der Waals surface area (Å²) < 4.78 is 38.6. The van der Waals surface area contributed by atoms with Gasteiger partial charge in [0.15, 0.2) is 0 Å². The Morgan fingerprint density at radius 1 is 1.17 bits per heavy atom. The van der Waals surface area contributed by atoms with Gasteiger partial charge >= 0.3 is 0 Å². The first-order valence-corrected chi connectivity index (χ1v) is 9.48. The van der Waals surface area contributed by atoms with E-state index in [1.54, 1.807) is 18.2 Å². The standard InChI is InChI=1S/C18H21NO4S/c1-2-22-13-16-6-4-3-5-15(16)12-19-24(20,21)17-7-8-18-14(11-17)9-10-23-18/h3-8,11,19H,2,9-10,12-13H2,1H3. The number of hydrogen-bond donors (Lipinski definition) is 1. The zero-order valence-electron chi connectivity index (χ0n) is 13.6. The van der Waals surface area contributed by atoms with Crippen LogP contribution in [0.25, 0.3) is 0 Å². The molecule has 0 saturated heterocycles. The van der Waals surface area contributed by atoms with Crippen LogP contribution in [0, 0.1) is 0 Å². The fraction of sp³-hybridized carbons (Fsp3) is 0.333. The Bertz CT molecular complexity index is 818. The third-order valence-corrected chi connectivity index (χ3v) is 5.40. The van der Waals surface area contributed by atoms with Crippen molar-refractivity contribution in [1.29, 1.82) is 0 Å². The van der Waals surface area contributed by atoms with Crippen LogP contribution in [0.3, 0.4) is 0 Å². The molecule has 0 fully saturated rings. The van der Waals surface area contributed by atoms with Gasteiger partial charge in [0.2, 0.25) is 10.0 Å². The van der Waals surface area contributed by atoms with Crippen LogP contribution >= 0.6 is 0 Å².